The van der Waals surface area contributed by atoms with Gasteiger partial charge >= 0.3 is 6.09 Å². The van der Waals surface area contributed by atoms with Crippen molar-refractivity contribution in [1.29, 1.82) is 0 Å². The van der Waals surface area contributed by atoms with Crippen molar-refractivity contribution in [3.63, 3.8) is 0 Å². The normalized spacial score (nSPS) is 18.7. The first kappa shape index (κ1) is 35.2. The van der Waals surface area contributed by atoms with Crippen LogP contribution in [0.25, 0.3) is 44.2 Å². The summed E-state index contributed by atoms with van der Waals surface area (Å²) in [6, 6.07) is 18.7. The first-order valence-electron chi connectivity index (χ1n) is 18.7. The van der Waals surface area contributed by atoms with E-state index in [4.69, 9.17) is 14.7 Å². The number of carbonyl (C=O) groups is 3. The first-order chi connectivity index (χ1) is 25.2. The number of aromatic nitrogens is 4. The van der Waals surface area contributed by atoms with Gasteiger partial charge in [-0.05, 0) is 78.1 Å². The van der Waals surface area contributed by atoms with Crippen LogP contribution < -0.4 is 5.32 Å². The van der Waals surface area contributed by atoms with Crippen LogP contribution in [0.2, 0.25) is 0 Å². The van der Waals surface area contributed by atoms with Crippen molar-refractivity contribution in [2.24, 2.45) is 11.8 Å². The van der Waals surface area contributed by atoms with Gasteiger partial charge in [0.05, 0.1) is 42.6 Å². The molecule has 1 aliphatic carbocycles. The van der Waals surface area contributed by atoms with Gasteiger partial charge in [0, 0.05) is 24.4 Å². The summed E-state index contributed by atoms with van der Waals surface area (Å²) < 4.78 is 4.77. The predicted octanol–water partition coefficient (Wildman–Crippen LogP) is 7.74. The van der Waals surface area contributed by atoms with Crippen molar-refractivity contribution < 1.29 is 19.1 Å². The molecule has 2 fully saturated rings. The lowest BCUT2D eigenvalue weighted by atomic mass is 9.97. The number of aromatic amines is 2. The van der Waals surface area contributed by atoms with Crippen LogP contribution in [0.3, 0.4) is 0 Å². The molecule has 2 aromatic heterocycles. The molecule has 2 bridgehead atoms. The molecule has 1 aliphatic heterocycles. The number of carbonyl (C=O) groups excluding carboxylic acids is 3. The quantitative estimate of drug-likeness (QED) is 0.122. The van der Waals surface area contributed by atoms with Crippen LogP contribution in [-0.4, -0.2) is 73.4 Å². The Bertz CT molecular complexity index is 2080. The van der Waals surface area contributed by atoms with E-state index in [1.54, 1.807) is 4.90 Å². The molecule has 3 N–H and O–H groups in total. The van der Waals surface area contributed by atoms with Gasteiger partial charge in [0.2, 0.25) is 11.8 Å². The summed E-state index contributed by atoms with van der Waals surface area (Å²) in [5, 5.41) is 4.83. The van der Waals surface area contributed by atoms with Gasteiger partial charge in [-0.25, -0.2) is 14.8 Å². The van der Waals surface area contributed by atoms with Gasteiger partial charge in [0.15, 0.2) is 0 Å². The van der Waals surface area contributed by atoms with Crippen LogP contribution >= 0.6 is 0 Å². The SMILES string of the molecule is CCCC(=O)N1[C@@H]2CCC(C2)[C@H]1c1ncc(-c2ccc(-c3ccc4c(ccc5nc(CN(CCC)C(=O)[C@@H](NC(=O)OC)C(C)C)[nH]c54)c3)cc2)[nH]1. The lowest BCUT2D eigenvalue weighted by Crippen LogP contribution is -2.51. The van der Waals surface area contributed by atoms with E-state index < -0.39 is 12.1 Å². The number of fused-ring (bicyclic) bond motifs is 5. The highest BCUT2D eigenvalue weighted by molar-refractivity contribution is 6.05. The molecule has 0 radical (unpaired) electrons. The topological polar surface area (TPSA) is 136 Å². The lowest BCUT2D eigenvalue weighted by molar-refractivity contribution is -0.136. The summed E-state index contributed by atoms with van der Waals surface area (Å²) in [5.74, 6) is 2.05. The molecule has 7 rings (SSSR count). The number of ether oxygens (including phenoxy) is 1. The molecule has 0 spiro atoms. The van der Waals surface area contributed by atoms with Crippen LogP contribution in [0.4, 0.5) is 4.79 Å². The zero-order chi connectivity index (χ0) is 36.5. The molecule has 3 heterocycles. The Morgan fingerprint density at radius 3 is 2.48 bits per heavy atom. The average Bonchev–Trinajstić information content (AvgIpc) is 3.97. The van der Waals surface area contributed by atoms with Gasteiger partial charge in [0.25, 0.3) is 0 Å². The smallest absolute Gasteiger partial charge is 0.407 e. The second-order valence-corrected chi connectivity index (χ2v) is 14.7. The fraction of sp³-hybridized carbons (Fsp3) is 0.439. The summed E-state index contributed by atoms with van der Waals surface area (Å²) in [4.78, 5) is 59.1. The fourth-order valence-corrected chi connectivity index (χ4v) is 8.25. The number of benzene rings is 3. The highest BCUT2D eigenvalue weighted by atomic mass is 16.5. The second-order valence-electron chi connectivity index (χ2n) is 14.7. The number of likely N-dealkylation sites (tertiary alicyclic amines) is 1. The van der Waals surface area contributed by atoms with E-state index in [2.05, 4.69) is 75.6 Å². The van der Waals surface area contributed by atoms with Gasteiger partial charge in [0.1, 0.15) is 17.7 Å². The van der Waals surface area contributed by atoms with E-state index >= 15 is 0 Å². The lowest BCUT2D eigenvalue weighted by Gasteiger charge is -2.34. The molecular weight excluding hydrogens is 654 g/mol. The summed E-state index contributed by atoms with van der Waals surface area (Å²) in [6.45, 7) is 8.72. The molecule has 2 aliphatic rings. The molecule has 1 unspecified atom stereocenters. The number of hydrogen-bond donors (Lipinski definition) is 3. The van der Waals surface area contributed by atoms with Gasteiger partial charge in [-0.15, -0.1) is 0 Å². The molecule has 52 heavy (non-hydrogen) atoms. The molecule has 1 saturated carbocycles. The highest BCUT2D eigenvalue weighted by Gasteiger charge is 2.49. The fourth-order valence-electron chi connectivity index (χ4n) is 8.25. The molecule has 4 atom stereocenters. The minimum Gasteiger partial charge on any atom is -0.453 e. The molecule has 1 saturated heterocycles. The Hall–Kier alpha value is -5.19. The van der Waals surface area contributed by atoms with Crippen molar-refractivity contribution >= 4 is 39.7 Å². The zero-order valence-electron chi connectivity index (χ0n) is 30.7. The monoisotopic (exact) mass is 703 g/mol. The minimum atomic E-state index is -0.700. The number of H-pyrrole nitrogens is 2. The van der Waals surface area contributed by atoms with E-state index in [1.165, 1.54) is 7.11 Å². The summed E-state index contributed by atoms with van der Waals surface area (Å²) >= 11 is 0. The van der Waals surface area contributed by atoms with Crippen LogP contribution in [0.1, 0.15) is 83.9 Å². The maximum Gasteiger partial charge on any atom is 0.407 e. The maximum absolute atomic E-state index is 13.6. The van der Waals surface area contributed by atoms with Crippen molar-refractivity contribution in [2.45, 2.75) is 90.9 Å². The number of methoxy groups -OCH3 is 1. The summed E-state index contributed by atoms with van der Waals surface area (Å²) in [5.41, 5.74) is 5.98. The molecular formula is C41H49N7O4. The number of piperidine rings is 1. The Labute approximate surface area is 304 Å². The number of nitrogens with zero attached hydrogens (tertiary/aromatic N) is 4. The minimum absolute atomic E-state index is 0.0474. The standard InChI is InChI=1S/C41H49N7O4/c1-6-8-35(49)48-30-16-13-29(21-30)38(48)39-42-22-33(44-39)26-11-9-25(10-12-26)27-14-17-31-28(20-27)15-18-32-37(31)45-34(43-32)23-47(19-7-2)40(50)36(24(3)4)46-41(51)52-5/h9-12,14-15,17-18,20,22,24,29-30,36,38H,6-8,13,16,19,21,23H2,1-5H3,(H,42,44)(H,43,45)(H,46,51)/t29?,30-,36+,38+/m1/s1. The predicted molar refractivity (Wildman–Crippen MR) is 202 cm³/mol. The number of hydrogen-bond acceptors (Lipinski definition) is 6. The van der Waals surface area contributed by atoms with E-state index in [-0.39, 0.29) is 23.8 Å². The van der Waals surface area contributed by atoms with Crippen LogP contribution in [0.5, 0.6) is 0 Å². The molecule has 3 amide bonds. The van der Waals surface area contributed by atoms with Crippen LogP contribution in [-0.2, 0) is 20.9 Å². The average molecular weight is 704 g/mol. The Morgan fingerprint density at radius 1 is 0.981 bits per heavy atom. The number of alkyl carbamates (subject to hydrolysis) is 1. The van der Waals surface area contributed by atoms with Gasteiger partial charge < -0.3 is 29.8 Å². The van der Waals surface area contributed by atoms with Crippen molar-refractivity contribution in [3.8, 4) is 22.4 Å². The Morgan fingerprint density at radius 2 is 1.75 bits per heavy atom. The molecule has 272 valence electrons. The van der Waals surface area contributed by atoms with Gasteiger partial charge in [-0.3, -0.25) is 9.59 Å². The van der Waals surface area contributed by atoms with Crippen molar-refractivity contribution in [2.75, 3.05) is 13.7 Å². The molecule has 5 aromatic rings. The largest absolute Gasteiger partial charge is 0.453 e. The third-order valence-corrected chi connectivity index (χ3v) is 10.8. The van der Waals surface area contributed by atoms with Gasteiger partial charge in [-0.2, -0.15) is 0 Å². The van der Waals surface area contributed by atoms with E-state index in [0.717, 1.165) is 82.1 Å². The van der Waals surface area contributed by atoms with E-state index in [0.29, 0.717) is 37.3 Å². The Balaban J connectivity index is 1.08. The number of nitrogens with one attached hydrogen (secondary N) is 3. The number of amides is 3. The van der Waals surface area contributed by atoms with Crippen molar-refractivity contribution in [3.05, 3.63) is 72.4 Å². The number of imidazole rings is 2. The third kappa shape index (κ3) is 6.76. The summed E-state index contributed by atoms with van der Waals surface area (Å²) in [7, 11) is 1.29. The van der Waals surface area contributed by atoms with E-state index in [1.807, 2.05) is 33.0 Å². The highest BCUT2D eigenvalue weighted by Crippen LogP contribution is 2.50. The van der Waals surface area contributed by atoms with Crippen LogP contribution in [0, 0.1) is 11.8 Å². The second kappa shape index (κ2) is 14.8. The third-order valence-electron chi connectivity index (χ3n) is 10.8. The van der Waals surface area contributed by atoms with Gasteiger partial charge in [-0.1, -0.05) is 70.2 Å². The van der Waals surface area contributed by atoms with Crippen molar-refractivity contribution in [1.82, 2.24) is 35.1 Å². The summed E-state index contributed by atoms with van der Waals surface area (Å²) in [6.07, 6.45) is 6.84. The zero-order valence-corrected chi connectivity index (χ0v) is 30.7. The molecule has 11 heteroatoms. The van der Waals surface area contributed by atoms with Crippen LogP contribution in [0.15, 0.2) is 60.8 Å². The Kier molecular flexibility index (Phi) is 10.0. The van der Waals surface area contributed by atoms with E-state index in [9.17, 15) is 14.4 Å². The maximum atomic E-state index is 13.6. The molecule has 3 aromatic carbocycles. The first-order valence-corrected chi connectivity index (χ1v) is 18.7. The number of rotatable bonds is 12. The molecule has 11 nitrogen and oxygen atoms in total.